The van der Waals surface area contributed by atoms with Crippen LogP contribution in [0.4, 0.5) is 5.69 Å². The Hall–Kier alpha value is -3.21. The van der Waals surface area contributed by atoms with Crippen molar-refractivity contribution in [3.05, 3.63) is 88.1 Å². The van der Waals surface area contributed by atoms with Crippen molar-refractivity contribution in [1.82, 2.24) is 0 Å². The van der Waals surface area contributed by atoms with Gasteiger partial charge >= 0.3 is 0 Å². The summed E-state index contributed by atoms with van der Waals surface area (Å²) in [6, 6.07) is 17.0. The van der Waals surface area contributed by atoms with E-state index in [1.54, 1.807) is 24.5 Å². The average molecular weight is 494 g/mol. The molecule has 4 nitrogen and oxygen atoms in total. The molecule has 4 aromatic rings. The molecule has 3 aromatic carbocycles. The van der Waals surface area contributed by atoms with Crippen molar-refractivity contribution >= 4 is 51.3 Å². The zero-order valence-electron chi connectivity index (χ0n) is 19.2. The number of ether oxygens (including phenoxy) is 1. The van der Waals surface area contributed by atoms with Crippen LogP contribution in [0.15, 0.2) is 71.4 Å². The maximum absolute atomic E-state index is 12.8. The molecule has 0 atom stereocenters. The second-order valence-electron chi connectivity index (χ2n) is 7.88. The van der Waals surface area contributed by atoms with Gasteiger partial charge in [-0.25, -0.2) is 0 Å². The lowest BCUT2D eigenvalue weighted by molar-refractivity contribution is -0.111. The van der Waals surface area contributed by atoms with E-state index >= 15 is 0 Å². The topological polar surface area (TPSA) is 51.5 Å². The van der Waals surface area contributed by atoms with Gasteiger partial charge in [0.05, 0.1) is 17.9 Å². The molecule has 1 N–H and O–H groups in total. The fourth-order valence-electron chi connectivity index (χ4n) is 3.95. The molecule has 0 aliphatic carbocycles. The van der Waals surface area contributed by atoms with Crippen molar-refractivity contribution in [1.29, 1.82) is 0 Å². The van der Waals surface area contributed by atoms with Gasteiger partial charge in [-0.15, -0.1) is 0 Å². The molecule has 0 spiro atoms. The molecule has 1 aromatic heterocycles. The minimum Gasteiger partial charge on any atom is -0.493 e. The zero-order chi connectivity index (χ0) is 24.2. The summed E-state index contributed by atoms with van der Waals surface area (Å²) in [5, 5.41) is 4.96. The summed E-state index contributed by atoms with van der Waals surface area (Å²) in [4.78, 5) is 12.8. The first kappa shape index (κ1) is 23.9. The van der Waals surface area contributed by atoms with Gasteiger partial charge < -0.3 is 14.5 Å². The van der Waals surface area contributed by atoms with E-state index in [4.69, 9.17) is 32.4 Å². The summed E-state index contributed by atoms with van der Waals surface area (Å²) in [6.45, 7) is 6.36. The minimum atomic E-state index is -0.200. The first-order chi connectivity index (χ1) is 16.4. The van der Waals surface area contributed by atoms with E-state index in [-0.39, 0.29) is 5.91 Å². The van der Waals surface area contributed by atoms with Gasteiger partial charge in [-0.05, 0) is 55.7 Å². The Morgan fingerprint density at radius 3 is 2.59 bits per heavy atom. The van der Waals surface area contributed by atoms with Gasteiger partial charge in [0.15, 0.2) is 0 Å². The Kier molecular flexibility index (Phi) is 7.30. The molecule has 0 saturated heterocycles. The van der Waals surface area contributed by atoms with Crippen LogP contribution in [0.5, 0.6) is 5.75 Å². The molecule has 0 fully saturated rings. The fraction of sp³-hybridized carbons (Fsp3) is 0.179. The summed E-state index contributed by atoms with van der Waals surface area (Å²) < 4.78 is 11.7. The van der Waals surface area contributed by atoms with E-state index in [9.17, 15) is 4.79 Å². The van der Waals surface area contributed by atoms with Gasteiger partial charge in [-0.2, -0.15) is 0 Å². The summed E-state index contributed by atoms with van der Waals surface area (Å²) in [6.07, 6.45) is 4.10. The Morgan fingerprint density at radius 1 is 1.06 bits per heavy atom. The molecule has 34 heavy (non-hydrogen) atoms. The normalized spacial score (nSPS) is 11.6. The number of hydrogen-bond donors (Lipinski definition) is 1. The second-order valence-corrected chi connectivity index (χ2v) is 8.72. The standard InChI is InChI=1S/C28H25Cl2NO3/c1-4-18-8-6-7-9-25(18)31-28(32)12-17(3)21-14-22-23(20-11-10-19(29)13-24(20)30)16-34-27(22)15-26(21)33-5-2/h6-16H,4-5H2,1-3H3,(H,31,32)/b17-12+. The van der Waals surface area contributed by atoms with Crippen molar-refractivity contribution in [2.24, 2.45) is 0 Å². The van der Waals surface area contributed by atoms with Crippen LogP contribution >= 0.6 is 23.2 Å². The van der Waals surface area contributed by atoms with Crippen LogP contribution in [-0.2, 0) is 11.2 Å². The van der Waals surface area contributed by atoms with Crippen LogP contribution in [0.3, 0.4) is 0 Å². The molecule has 0 unspecified atom stereocenters. The van der Waals surface area contributed by atoms with E-state index in [0.29, 0.717) is 28.0 Å². The Morgan fingerprint density at radius 2 is 1.85 bits per heavy atom. The molecule has 0 aliphatic rings. The molecule has 174 valence electrons. The van der Waals surface area contributed by atoms with Crippen LogP contribution in [0.1, 0.15) is 31.9 Å². The maximum atomic E-state index is 12.8. The Bertz CT molecular complexity index is 1390. The number of para-hydroxylation sites is 1. The lowest BCUT2D eigenvalue weighted by Gasteiger charge is -2.12. The van der Waals surface area contributed by atoms with E-state index < -0.39 is 0 Å². The average Bonchev–Trinajstić information content (AvgIpc) is 3.21. The SMILES string of the molecule is CCOc1cc2occ(-c3ccc(Cl)cc3Cl)c2cc1/C(C)=C/C(=O)Nc1ccccc1CC. The van der Waals surface area contributed by atoms with Gasteiger partial charge in [0.1, 0.15) is 11.3 Å². The number of nitrogens with one attached hydrogen (secondary N) is 1. The number of amides is 1. The zero-order valence-corrected chi connectivity index (χ0v) is 20.8. The Labute approximate surface area is 209 Å². The van der Waals surface area contributed by atoms with E-state index in [0.717, 1.165) is 45.3 Å². The summed E-state index contributed by atoms with van der Waals surface area (Å²) in [5.74, 6) is 0.447. The van der Waals surface area contributed by atoms with E-state index in [2.05, 4.69) is 12.2 Å². The largest absolute Gasteiger partial charge is 0.493 e. The quantitative estimate of drug-likeness (QED) is 0.263. The smallest absolute Gasteiger partial charge is 0.248 e. The predicted molar refractivity (Wildman–Crippen MR) is 141 cm³/mol. The third-order valence-electron chi connectivity index (χ3n) is 5.63. The molecular formula is C28H25Cl2NO3. The number of fused-ring (bicyclic) bond motifs is 1. The third kappa shape index (κ3) is 4.98. The number of carbonyl (C=O) groups is 1. The first-order valence-electron chi connectivity index (χ1n) is 11.1. The molecule has 1 heterocycles. The lowest BCUT2D eigenvalue weighted by atomic mass is 9.99. The number of aryl methyl sites for hydroxylation is 1. The van der Waals surface area contributed by atoms with Crippen LogP contribution in [-0.4, -0.2) is 12.5 Å². The van der Waals surface area contributed by atoms with E-state index in [1.807, 2.05) is 56.3 Å². The molecule has 6 heteroatoms. The number of rotatable bonds is 7. The van der Waals surface area contributed by atoms with Gasteiger partial charge in [0, 0.05) is 44.9 Å². The highest BCUT2D eigenvalue weighted by Gasteiger charge is 2.17. The highest BCUT2D eigenvalue weighted by atomic mass is 35.5. The van der Waals surface area contributed by atoms with Gasteiger partial charge in [0.25, 0.3) is 0 Å². The number of furan rings is 1. The number of anilines is 1. The molecular weight excluding hydrogens is 469 g/mol. The highest BCUT2D eigenvalue weighted by Crippen LogP contribution is 2.40. The molecule has 4 rings (SSSR count). The Balaban J connectivity index is 1.75. The summed E-state index contributed by atoms with van der Waals surface area (Å²) in [7, 11) is 0. The fourth-order valence-corrected chi connectivity index (χ4v) is 4.46. The number of hydrogen-bond acceptors (Lipinski definition) is 3. The number of benzene rings is 3. The maximum Gasteiger partial charge on any atom is 0.248 e. The van der Waals surface area contributed by atoms with Crippen LogP contribution in [0.2, 0.25) is 10.0 Å². The van der Waals surface area contributed by atoms with Crippen molar-refractivity contribution in [3.8, 4) is 16.9 Å². The molecule has 0 bridgehead atoms. The van der Waals surface area contributed by atoms with Crippen LogP contribution < -0.4 is 10.1 Å². The van der Waals surface area contributed by atoms with E-state index in [1.165, 1.54) is 0 Å². The van der Waals surface area contributed by atoms with Gasteiger partial charge in [-0.1, -0.05) is 54.4 Å². The summed E-state index contributed by atoms with van der Waals surface area (Å²) >= 11 is 12.5. The van der Waals surface area contributed by atoms with Crippen molar-refractivity contribution < 1.29 is 13.9 Å². The van der Waals surface area contributed by atoms with Crippen molar-refractivity contribution in [3.63, 3.8) is 0 Å². The molecule has 1 amide bonds. The van der Waals surface area contributed by atoms with Crippen molar-refractivity contribution in [2.75, 3.05) is 11.9 Å². The second kappa shape index (κ2) is 10.4. The van der Waals surface area contributed by atoms with Gasteiger partial charge in [-0.3, -0.25) is 4.79 Å². The summed E-state index contributed by atoms with van der Waals surface area (Å²) in [5.41, 5.74) is 5.80. The number of halogens is 2. The minimum absolute atomic E-state index is 0.200. The molecule has 0 saturated carbocycles. The number of allylic oxidation sites excluding steroid dienone is 1. The lowest BCUT2D eigenvalue weighted by Crippen LogP contribution is -2.10. The van der Waals surface area contributed by atoms with Gasteiger partial charge in [0.2, 0.25) is 5.91 Å². The van der Waals surface area contributed by atoms with Crippen LogP contribution in [0.25, 0.3) is 27.7 Å². The highest BCUT2D eigenvalue weighted by molar-refractivity contribution is 6.36. The monoisotopic (exact) mass is 493 g/mol. The molecule has 0 radical (unpaired) electrons. The predicted octanol–water partition coefficient (Wildman–Crippen LogP) is 8.41. The first-order valence-corrected chi connectivity index (χ1v) is 11.9. The van der Waals surface area contributed by atoms with Crippen LogP contribution in [0, 0.1) is 0 Å². The van der Waals surface area contributed by atoms with Crippen molar-refractivity contribution in [2.45, 2.75) is 27.2 Å². The number of carbonyl (C=O) groups excluding carboxylic acids is 1. The molecule has 0 aliphatic heterocycles. The third-order valence-corrected chi connectivity index (χ3v) is 6.17.